The summed E-state index contributed by atoms with van der Waals surface area (Å²) in [6, 6.07) is 23.5. The molecule has 3 aromatic rings. The number of halogens is 2. The average Bonchev–Trinajstić information content (AvgIpc) is 2.86. The number of anilines is 1. The number of hydrogen-bond donors (Lipinski definition) is 0. The molecule has 0 saturated carbocycles. The van der Waals surface area contributed by atoms with Crippen LogP contribution in [0, 0.1) is 0 Å². The van der Waals surface area contributed by atoms with Crippen molar-refractivity contribution in [1.29, 1.82) is 0 Å². The summed E-state index contributed by atoms with van der Waals surface area (Å²) in [4.78, 5) is 17.3. The van der Waals surface area contributed by atoms with Gasteiger partial charge in [-0.3, -0.25) is 4.79 Å². The molecule has 3 aromatic carbocycles. The Labute approximate surface area is 213 Å². The number of carbonyl (C=O) groups is 1. The van der Waals surface area contributed by atoms with Crippen LogP contribution in [0.4, 0.5) is 5.69 Å². The van der Waals surface area contributed by atoms with E-state index in [1.807, 2.05) is 42.5 Å². The van der Waals surface area contributed by atoms with Crippen LogP contribution in [-0.2, 0) is 21.4 Å². The maximum absolute atomic E-state index is 13.5. The monoisotopic (exact) mass is 561 g/mol. The Morgan fingerprint density at radius 3 is 2.12 bits per heavy atom. The highest BCUT2D eigenvalue weighted by atomic mass is 79.9. The molecule has 0 bridgehead atoms. The van der Waals surface area contributed by atoms with Gasteiger partial charge in [-0.05, 0) is 54.1 Å². The van der Waals surface area contributed by atoms with Crippen molar-refractivity contribution in [1.82, 2.24) is 9.21 Å². The van der Waals surface area contributed by atoms with Crippen molar-refractivity contribution in [3.05, 3.63) is 93.9 Å². The SMILES string of the molecule is O=C(CN(Cc1ccc(Br)cc1)S(=O)(=O)c1ccc(Cl)cc1)N1CCN(c2ccccc2)CC1. The van der Waals surface area contributed by atoms with Gasteiger partial charge in [0.2, 0.25) is 15.9 Å². The molecule has 0 aromatic heterocycles. The van der Waals surface area contributed by atoms with Gasteiger partial charge in [0.25, 0.3) is 0 Å². The summed E-state index contributed by atoms with van der Waals surface area (Å²) >= 11 is 9.35. The van der Waals surface area contributed by atoms with E-state index in [1.165, 1.54) is 28.6 Å². The number of amides is 1. The molecule has 6 nitrogen and oxygen atoms in total. The number of hydrogen-bond acceptors (Lipinski definition) is 4. The number of piperazine rings is 1. The van der Waals surface area contributed by atoms with Crippen molar-refractivity contribution >= 4 is 49.1 Å². The fourth-order valence-corrected chi connectivity index (χ4v) is 5.65. The largest absolute Gasteiger partial charge is 0.368 e. The molecule has 1 saturated heterocycles. The molecular formula is C25H25BrClN3O3S. The van der Waals surface area contributed by atoms with E-state index in [1.54, 1.807) is 4.90 Å². The molecule has 34 heavy (non-hydrogen) atoms. The first-order chi connectivity index (χ1) is 16.3. The lowest BCUT2D eigenvalue weighted by atomic mass is 10.2. The van der Waals surface area contributed by atoms with Crippen LogP contribution in [0.5, 0.6) is 0 Å². The third-order valence-electron chi connectivity index (χ3n) is 5.79. The Morgan fingerprint density at radius 2 is 1.50 bits per heavy atom. The number of sulfonamides is 1. The third-order valence-corrected chi connectivity index (χ3v) is 8.38. The fourth-order valence-electron chi connectivity index (χ4n) is 3.88. The third kappa shape index (κ3) is 5.99. The molecule has 1 aliphatic rings. The summed E-state index contributed by atoms with van der Waals surface area (Å²) in [6.07, 6.45) is 0. The second-order valence-electron chi connectivity index (χ2n) is 8.06. The highest BCUT2D eigenvalue weighted by molar-refractivity contribution is 9.10. The summed E-state index contributed by atoms with van der Waals surface area (Å²) in [5, 5.41) is 0.450. The van der Waals surface area contributed by atoms with Gasteiger partial charge in [-0.15, -0.1) is 0 Å². The van der Waals surface area contributed by atoms with E-state index in [4.69, 9.17) is 11.6 Å². The van der Waals surface area contributed by atoms with Crippen LogP contribution in [-0.4, -0.2) is 56.3 Å². The Kier molecular flexibility index (Phi) is 7.93. The molecule has 178 valence electrons. The van der Waals surface area contributed by atoms with E-state index in [9.17, 15) is 13.2 Å². The summed E-state index contributed by atoms with van der Waals surface area (Å²) in [5.41, 5.74) is 1.92. The van der Waals surface area contributed by atoms with Crippen molar-refractivity contribution in [3.63, 3.8) is 0 Å². The first-order valence-corrected chi connectivity index (χ1v) is 13.5. The lowest BCUT2D eigenvalue weighted by molar-refractivity contribution is -0.131. The van der Waals surface area contributed by atoms with E-state index in [2.05, 4.69) is 33.0 Å². The molecule has 0 N–H and O–H groups in total. The van der Waals surface area contributed by atoms with Crippen molar-refractivity contribution in [3.8, 4) is 0 Å². The lowest BCUT2D eigenvalue weighted by Gasteiger charge is -2.37. The number of benzene rings is 3. The molecule has 4 rings (SSSR count). The zero-order valence-electron chi connectivity index (χ0n) is 18.5. The molecule has 0 unspecified atom stereocenters. The van der Waals surface area contributed by atoms with Crippen LogP contribution < -0.4 is 4.90 Å². The van der Waals surface area contributed by atoms with Gasteiger partial charge in [-0.2, -0.15) is 4.31 Å². The second-order valence-corrected chi connectivity index (χ2v) is 11.3. The van der Waals surface area contributed by atoms with Crippen LogP contribution in [0.1, 0.15) is 5.56 Å². The highest BCUT2D eigenvalue weighted by Gasteiger charge is 2.30. The summed E-state index contributed by atoms with van der Waals surface area (Å²) < 4.78 is 29.1. The maximum Gasteiger partial charge on any atom is 0.243 e. The molecule has 0 spiro atoms. The summed E-state index contributed by atoms with van der Waals surface area (Å²) in [5.74, 6) is -0.206. The zero-order valence-corrected chi connectivity index (χ0v) is 21.6. The highest BCUT2D eigenvalue weighted by Crippen LogP contribution is 2.22. The minimum atomic E-state index is -3.91. The summed E-state index contributed by atoms with van der Waals surface area (Å²) in [6.45, 7) is 2.35. The van der Waals surface area contributed by atoms with E-state index in [-0.39, 0.29) is 23.9 Å². The minimum Gasteiger partial charge on any atom is -0.368 e. The van der Waals surface area contributed by atoms with Crippen molar-refractivity contribution in [2.24, 2.45) is 0 Å². The molecule has 1 amide bonds. The maximum atomic E-state index is 13.5. The van der Waals surface area contributed by atoms with Gasteiger partial charge in [0.15, 0.2) is 0 Å². The van der Waals surface area contributed by atoms with Gasteiger partial charge in [0.05, 0.1) is 11.4 Å². The standard InChI is InChI=1S/C25H25BrClN3O3S/c26-21-8-6-20(7-9-21)18-30(34(32,33)24-12-10-22(27)11-13-24)19-25(31)29-16-14-28(15-17-29)23-4-2-1-3-5-23/h1-13H,14-19H2. The Morgan fingerprint density at radius 1 is 0.882 bits per heavy atom. The second kappa shape index (κ2) is 10.9. The molecule has 1 heterocycles. The fraction of sp³-hybridized carbons (Fsp3) is 0.240. The minimum absolute atomic E-state index is 0.0912. The van der Waals surface area contributed by atoms with Crippen molar-refractivity contribution in [2.45, 2.75) is 11.4 Å². The van der Waals surface area contributed by atoms with Crippen molar-refractivity contribution in [2.75, 3.05) is 37.6 Å². The predicted molar refractivity (Wildman–Crippen MR) is 138 cm³/mol. The molecular weight excluding hydrogens is 538 g/mol. The summed E-state index contributed by atoms with van der Waals surface area (Å²) in [7, 11) is -3.91. The first-order valence-electron chi connectivity index (χ1n) is 10.9. The number of rotatable bonds is 7. The van der Waals surface area contributed by atoms with Gasteiger partial charge in [0.1, 0.15) is 0 Å². The van der Waals surface area contributed by atoms with Gasteiger partial charge in [-0.25, -0.2) is 8.42 Å². The topological polar surface area (TPSA) is 60.9 Å². The van der Waals surface area contributed by atoms with Crippen LogP contribution in [0.2, 0.25) is 5.02 Å². The number of carbonyl (C=O) groups excluding carboxylic acids is 1. The smallest absolute Gasteiger partial charge is 0.243 e. The quantitative estimate of drug-likeness (QED) is 0.421. The molecule has 0 atom stereocenters. The lowest BCUT2D eigenvalue weighted by Crippen LogP contribution is -2.51. The van der Waals surface area contributed by atoms with Gasteiger partial charge >= 0.3 is 0 Å². The van der Waals surface area contributed by atoms with Gasteiger partial charge < -0.3 is 9.80 Å². The molecule has 0 aliphatic carbocycles. The normalized spacial score (nSPS) is 14.4. The van der Waals surface area contributed by atoms with E-state index in [0.717, 1.165) is 15.7 Å². The Hall–Kier alpha value is -2.39. The van der Waals surface area contributed by atoms with E-state index in [0.29, 0.717) is 31.2 Å². The molecule has 1 aliphatic heterocycles. The number of para-hydroxylation sites is 1. The number of nitrogens with zero attached hydrogens (tertiary/aromatic N) is 3. The molecule has 0 radical (unpaired) electrons. The average molecular weight is 563 g/mol. The van der Waals surface area contributed by atoms with E-state index < -0.39 is 10.0 Å². The van der Waals surface area contributed by atoms with Crippen LogP contribution in [0.15, 0.2) is 88.2 Å². The van der Waals surface area contributed by atoms with Crippen LogP contribution in [0.3, 0.4) is 0 Å². The predicted octanol–water partition coefficient (Wildman–Crippen LogP) is 4.64. The van der Waals surface area contributed by atoms with Gasteiger partial charge in [0, 0.05) is 47.9 Å². The Balaban J connectivity index is 1.50. The van der Waals surface area contributed by atoms with Crippen LogP contribution in [0.25, 0.3) is 0 Å². The Bertz CT molecular complexity index is 1210. The van der Waals surface area contributed by atoms with Crippen molar-refractivity contribution < 1.29 is 13.2 Å². The zero-order chi connectivity index (χ0) is 24.1. The molecule has 1 fully saturated rings. The van der Waals surface area contributed by atoms with Gasteiger partial charge in [-0.1, -0.05) is 57.9 Å². The van der Waals surface area contributed by atoms with E-state index >= 15 is 0 Å². The molecule has 9 heteroatoms. The van der Waals surface area contributed by atoms with Crippen LogP contribution >= 0.6 is 27.5 Å². The first kappa shape index (κ1) is 24.7.